The third kappa shape index (κ3) is 20.6. The Morgan fingerprint density at radius 2 is 0.655 bits per heavy atom. The summed E-state index contributed by atoms with van der Waals surface area (Å²) in [6.07, 6.45) is 24.3. The number of unbranched alkanes of at least 4 members (excludes halogenated alkanes) is 18. The molecule has 0 aliphatic rings. The van der Waals surface area contributed by atoms with Gasteiger partial charge < -0.3 is 38.0 Å². The predicted molar refractivity (Wildman–Crippen MR) is 240 cm³/mol. The Bertz CT molecular complexity index is 1160. The van der Waals surface area contributed by atoms with Gasteiger partial charge in [-0.1, -0.05) is 103 Å². The molecule has 4 N–H and O–H groups in total. The predicted octanol–water partition coefficient (Wildman–Crippen LogP) is 10.1. The Hall–Kier alpha value is -1.93. The van der Waals surface area contributed by atoms with Crippen LogP contribution in [0.2, 0.25) is 12.1 Å². The number of aromatic nitrogens is 6. The Morgan fingerprint density at radius 1 is 0.414 bits per heavy atom. The van der Waals surface area contributed by atoms with Gasteiger partial charge in [-0.25, -0.2) is 9.36 Å². The number of anilines is 2. The molecule has 0 bridgehead atoms. The second-order valence-electron chi connectivity index (χ2n) is 15.4. The minimum Gasteiger partial charge on any atom is -0.374 e. The van der Waals surface area contributed by atoms with E-state index in [0.29, 0.717) is 63.2 Å². The molecule has 0 fully saturated rings. The summed E-state index contributed by atoms with van der Waals surface area (Å²) < 4.78 is 39.5. The number of hydrogen-bond acceptors (Lipinski definition) is 12. The number of nitrogens with two attached hydrogens (primary N) is 2. The van der Waals surface area contributed by atoms with Crippen molar-refractivity contribution < 1.29 is 26.6 Å². The smallest absolute Gasteiger partial charge is 0.374 e. The van der Waals surface area contributed by atoms with Crippen LogP contribution in [0.3, 0.4) is 0 Å². The monoisotopic (exact) mass is 855 g/mol. The van der Waals surface area contributed by atoms with E-state index in [1.165, 1.54) is 89.9 Å². The molecule has 0 amide bonds. The summed E-state index contributed by atoms with van der Waals surface area (Å²) >= 11 is 0. The fraction of sp³-hybridized carbons (Fsp3) is 0.905. The number of nitrogens with zero attached hydrogens (tertiary/aromatic N) is 6. The van der Waals surface area contributed by atoms with Gasteiger partial charge in [-0.2, -0.15) is 20.2 Å². The SMILES string of the molecule is CCO[Si](CCCCCCCCCCCCn1nc(C(C)c2nc(N)n(CCCCCCCCCCCC[Si](OCC)(OCC)OCC)n2)nc1N)(OCC)OCC. The molecular formula is C42H86N8O6Si2. The zero-order chi connectivity index (χ0) is 42.3. The average Bonchev–Trinajstić information content (AvgIpc) is 3.76. The number of aryl methyl sites for hydroxylation is 2. The van der Waals surface area contributed by atoms with Crippen molar-refractivity contribution in [3.05, 3.63) is 11.6 Å². The van der Waals surface area contributed by atoms with Gasteiger partial charge in [0.25, 0.3) is 0 Å². The molecule has 0 spiro atoms. The van der Waals surface area contributed by atoms with E-state index in [9.17, 15) is 0 Å². The Balaban J connectivity index is 1.55. The minimum absolute atomic E-state index is 0.181. The van der Waals surface area contributed by atoms with Crippen LogP contribution in [-0.2, 0) is 39.6 Å². The Kier molecular flexibility index (Phi) is 28.7. The lowest BCUT2D eigenvalue weighted by Gasteiger charge is -2.28. The average molecular weight is 855 g/mol. The number of hydrogen-bond donors (Lipinski definition) is 2. The van der Waals surface area contributed by atoms with Crippen LogP contribution >= 0.6 is 0 Å². The molecule has 338 valence electrons. The van der Waals surface area contributed by atoms with Gasteiger partial charge in [0.2, 0.25) is 11.9 Å². The molecule has 0 atom stereocenters. The van der Waals surface area contributed by atoms with Gasteiger partial charge in [-0.15, -0.1) is 0 Å². The van der Waals surface area contributed by atoms with E-state index in [1.807, 2.05) is 57.8 Å². The third-order valence-corrected chi connectivity index (χ3v) is 16.9. The van der Waals surface area contributed by atoms with Crippen LogP contribution in [0.4, 0.5) is 11.9 Å². The molecule has 14 nitrogen and oxygen atoms in total. The summed E-state index contributed by atoms with van der Waals surface area (Å²) in [5, 5.41) is 9.46. The van der Waals surface area contributed by atoms with Gasteiger partial charge in [-0.3, -0.25) is 0 Å². The van der Waals surface area contributed by atoms with E-state index < -0.39 is 17.6 Å². The van der Waals surface area contributed by atoms with Crippen LogP contribution < -0.4 is 11.5 Å². The lowest BCUT2D eigenvalue weighted by molar-refractivity contribution is 0.0698. The van der Waals surface area contributed by atoms with Crippen LogP contribution in [0.5, 0.6) is 0 Å². The summed E-state index contributed by atoms with van der Waals surface area (Å²) in [5.74, 6) is 2.01. The molecule has 2 rings (SSSR count). The maximum absolute atomic E-state index is 6.27. The van der Waals surface area contributed by atoms with Crippen molar-refractivity contribution in [1.29, 1.82) is 0 Å². The Morgan fingerprint density at radius 3 is 0.914 bits per heavy atom. The normalized spacial score (nSPS) is 12.4. The van der Waals surface area contributed by atoms with E-state index >= 15 is 0 Å². The molecule has 2 heterocycles. The molecule has 0 unspecified atom stereocenters. The maximum Gasteiger partial charge on any atom is 0.500 e. The molecule has 58 heavy (non-hydrogen) atoms. The van der Waals surface area contributed by atoms with E-state index in [1.54, 1.807) is 0 Å². The van der Waals surface area contributed by atoms with Crippen molar-refractivity contribution in [2.24, 2.45) is 0 Å². The van der Waals surface area contributed by atoms with Gasteiger partial charge >= 0.3 is 17.6 Å². The van der Waals surface area contributed by atoms with Crippen LogP contribution in [0.15, 0.2) is 0 Å². The summed E-state index contributed by atoms with van der Waals surface area (Å²) in [6.45, 7) is 19.6. The van der Waals surface area contributed by atoms with E-state index in [4.69, 9.17) is 48.2 Å². The molecule has 2 aromatic rings. The Labute approximate surface area is 355 Å². The second kappa shape index (κ2) is 31.9. The highest BCUT2D eigenvalue weighted by Crippen LogP contribution is 2.24. The fourth-order valence-electron chi connectivity index (χ4n) is 7.59. The first-order valence-electron chi connectivity index (χ1n) is 23.5. The molecule has 16 heteroatoms. The molecule has 0 aliphatic heterocycles. The van der Waals surface area contributed by atoms with Crippen molar-refractivity contribution in [3.8, 4) is 0 Å². The molecule has 0 saturated carbocycles. The van der Waals surface area contributed by atoms with Crippen molar-refractivity contribution in [3.63, 3.8) is 0 Å². The maximum atomic E-state index is 6.27. The fourth-order valence-corrected chi connectivity index (χ4v) is 13.0. The van der Waals surface area contributed by atoms with Crippen LogP contribution in [0.1, 0.15) is 194 Å². The summed E-state index contributed by atoms with van der Waals surface area (Å²) in [5.41, 5.74) is 12.5. The van der Waals surface area contributed by atoms with Crippen LogP contribution in [0.25, 0.3) is 0 Å². The third-order valence-electron chi connectivity index (χ3n) is 10.6. The lowest BCUT2D eigenvalue weighted by Crippen LogP contribution is -2.45. The lowest BCUT2D eigenvalue weighted by atomic mass is 10.1. The van der Waals surface area contributed by atoms with E-state index in [-0.39, 0.29) is 5.92 Å². The molecule has 0 radical (unpaired) electrons. The van der Waals surface area contributed by atoms with Crippen LogP contribution in [0, 0.1) is 0 Å². The van der Waals surface area contributed by atoms with Gasteiger partial charge in [-0.05, 0) is 74.1 Å². The van der Waals surface area contributed by atoms with Crippen molar-refractivity contribution in [2.75, 3.05) is 51.1 Å². The molecule has 0 aliphatic carbocycles. The molecule has 0 aromatic carbocycles. The minimum atomic E-state index is -2.49. The molecule has 2 aromatic heterocycles. The highest BCUT2D eigenvalue weighted by atomic mass is 28.4. The van der Waals surface area contributed by atoms with Crippen molar-refractivity contribution >= 4 is 29.5 Å². The van der Waals surface area contributed by atoms with E-state index in [0.717, 1.165) is 63.7 Å². The molecular weight excluding hydrogens is 769 g/mol. The van der Waals surface area contributed by atoms with Gasteiger partial charge in [0, 0.05) is 64.8 Å². The van der Waals surface area contributed by atoms with Crippen molar-refractivity contribution in [2.45, 2.75) is 208 Å². The van der Waals surface area contributed by atoms with E-state index in [2.05, 4.69) is 9.97 Å². The van der Waals surface area contributed by atoms with Crippen molar-refractivity contribution in [1.82, 2.24) is 29.5 Å². The highest BCUT2D eigenvalue weighted by molar-refractivity contribution is 6.61. The first-order valence-corrected chi connectivity index (χ1v) is 27.3. The highest BCUT2D eigenvalue weighted by Gasteiger charge is 2.40. The summed E-state index contributed by atoms with van der Waals surface area (Å²) in [6, 6.07) is 1.84. The second-order valence-corrected chi connectivity index (χ2v) is 20.8. The van der Waals surface area contributed by atoms with Gasteiger partial charge in [0.15, 0.2) is 11.6 Å². The zero-order valence-corrected chi connectivity index (χ0v) is 40.1. The quantitative estimate of drug-likeness (QED) is 0.0481. The standard InChI is InChI=1S/C42H86N8O6Si2/c1-8-51-57(52-9-2,53-10-3)36-32-28-24-20-16-14-18-22-26-30-34-49-41(43)45-39(47-49)38(7)40-46-42(44)50(48-40)35-31-27-23-19-15-17-21-25-29-33-37-58(54-11-4,55-12-5)56-13-6/h38H,8-37H2,1-7H3,(H2,43,45,47)(H2,44,46,48). The molecule has 0 saturated heterocycles. The zero-order valence-electron chi connectivity index (χ0n) is 38.1. The topological polar surface area (TPSA) is 169 Å². The summed E-state index contributed by atoms with van der Waals surface area (Å²) in [7, 11) is -4.98. The number of nitrogen functional groups attached to an aromatic ring is 2. The number of rotatable bonds is 40. The van der Waals surface area contributed by atoms with Gasteiger partial charge in [0.05, 0.1) is 5.92 Å². The summed E-state index contributed by atoms with van der Waals surface area (Å²) in [4.78, 5) is 9.13. The first kappa shape index (κ1) is 52.2. The van der Waals surface area contributed by atoms with Gasteiger partial charge in [0.1, 0.15) is 0 Å². The largest absolute Gasteiger partial charge is 0.500 e. The van der Waals surface area contributed by atoms with Crippen LogP contribution in [-0.4, -0.2) is 86.8 Å². The first-order chi connectivity index (χ1) is 28.2.